The van der Waals surface area contributed by atoms with Crippen molar-refractivity contribution in [1.29, 1.82) is 0 Å². The van der Waals surface area contributed by atoms with E-state index in [4.69, 9.17) is 0 Å². The summed E-state index contributed by atoms with van der Waals surface area (Å²) in [5, 5.41) is 0.480. The van der Waals surface area contributed by atoms with Gasteiger partial charge in [0.15, 0.2) is 0 Å². The van der Waals surface area contributed by atoms with E-state index in [0.717, 1.165) is 12.8 Å². The third kappa shape index (κ3) is 2.65. The number of benzene rings is 1. The Labute approximate surface area is 129 Å². The van der Waals surface area contributed by atoms with Gasteiger partial charge in [-0.1, -0.05) is 19.3 Å². The van der Waals surface area contributed by atoms with Crippen LogP contribution in [-0.2, 0) is 6.54 Å². The Bertz CT molecular complexity index is 732. The summed E-state index contributed by atoms with van der Waals surface area (Å²) < 4.78 is 14.9. The summed E-state index contributed by atoms with van der Waals surface area (Å²) in [6.45, 7) is 0.638. The van der Waals surface area contributed by atoms with E-state index in [0.29, 0.717) is 17.4 Å². The van der Waals surface area contributed by atoms with E-state index in [9.17, 15) is 9.18 Å². The number of aromatic nitrogens is 2. The van der Waals surface area contributed by atoms with Crippen LogP contribution in [0.5, 0.6) is 0 Å². The lowest BCUT2D eigenvalue weighted by Crippen LogP contribution is -2.50. The Kier molecular flexibility index (Phi) is 4.00. The first kappa shape index (κ1) is 15.2. The molecule has 1 saturated carbocycles. The molecule has 0 radical (unpaired) electrons. The molecule has 0 amide bonds. The molecule has 1 aromatic carbocycles. The second-order valence-corrected chi connectivity index (χ2v) is 6.52. The van der Waals surface area contributed by atoms with Gasteiger partial charge in [0.05, 0.1) is 17.2 Å². The fourth-order valence-electron chi connectivity index (χ4n) is 3.52. The number of halogens is 1. The SMILES string of the molecule is CN(C)C1(Cn2cnc3cc(F)ccc3c2=O)CCCCC1. The van der Waals surface area contributed by atoms with Crippen molar-refractivity contribution >= 4 is 10.9 Å². The third-order valence-electron chi connectivity index (χ3n) is 4.98. The third-order valence-corrected chi connectivity index (χ3v) is 4.98. The summed E-state index contributed by atoms with van der Waals surface area (Å²) in [5.74, 6) is -0.366. The van der Waals surface area contributed by atoms with Crippen molar-refractivity contribution in [3.63, 3.8) is 0 Å². The fourth-order valence-corrected chi connectivity index (χ4v) is 3.52. The number of fused-ring (bicyclic) bond motifs is 1. The van der Waals surface area contributed by atoms with Crippen LogP contribution in [-0.4, -0.2) is 34.1 Å². The first-order valence-electron chi connectivity index (χ1n) is 7.84. The second-order valence-electron chi connectivity index (χ2n) is 6.52. The molecule has 1 aliphatic rings. The molecule has 2 aromatic rings. The topological polar surface area (TPSA) is 38.1 Å². The van der Waals surface area contributed by atoms with Crippen molar-refractivity contribution in [3.8, 4) is 0 Å². The van der Waals surface area contributed by atoms with Crippen LogP contribution in [0.4, 0.5) is 4.39 Å². The first-order chi connectivity index (χ1) is 10.5. The average molecular weight is 303 g/mol. The maximum atomic E-state index is 13.3. The van der Waals surface area contributed by atoms with Gasteiger partial charge >= 0.3 is 0 Å². The molecule has 0 spiro atoms. The molecule has 0 atom stereocenters. The highest BCUT2D eigenvalue weighted by Crippen LogP contribution is 2.33. The smallest absolute Gasteiger partial charge is 0.261 e. The maximum Gasteiger partial charge on any atom is 0.261 e. The first-order valence-corrected chi connectivity index (χ1v) is 7.84. The standard InChI is InChI=1S/C17H22FN3O/c1-20(2)17(8-4-3-5-9-17)11-21-12-19-15-10-13(18)6-7-14(15)16(21)22/h6-7,10,12H,3-5,8-9,11H2,1-2H3. The molecular formula is C17H22FN3O. The Morgan fingerprint density at radius 3 is 2.68 bits per heavy atom. The number of likely N-dealkylation sites (N-methyl/N-ethyl adjacent to an activating group) is 1. The van der Waals surface area contributed by atoms with Gasteiger partial charge in [-0.05, 0) is 39.1 Å². The van der Waals surface area contributed by atoms with Crippen molar-refractivity contribution in [1.82, 2.24) is 14.5 Å². The summed E-state index contributed by atoms with van der Waals surface area (Å²) in [6.07, 6.45) is 7.39. The van der Waals surface area contributed by atoms with Gasteiger partial charge in [-0.2, -0.15) is 0 Å². The van der Waals surface area contributed by atoms with E-state index in [-0.39, 0.29) is 16.9 Å². The Morgan fingerprint density at radius 1 is 1.27 bits per heavy atom. The minimum absolute atomic E-state index is 0.0114. The summed E-state index contributed by atoms with van der Waals surface area (Å²) in [4.78, 5) is 19.2. The van der Waals surface area contributed by atoms with Gasteiger partial charge in [0.25, 0.3) is 5.56 Å². The van der Waals surface area contributed by atoms with E-state index < -0.39 is 0 Å². The molecular weight excluding hydrogens is 281 g/mol. The van der Waals surface area contributed by atoms with E-state index in [1.165, 1.54) is 37.5 Å². The predicted molar refractivity (Wildman–Crippen MR) is 85.5 cm³/mol. The lowest BCUT2D eigenvalue weighted by atomic mass is 9.80. The average Bonchev–Trinajstić information content (AvgIpc) is 2.51. The summed E-state index contributed by atoms with van der Waals surface area (Å²) in [7, 11) is 4.17. The molecule has 0 N–H and O–H groups in total. The highest BCUT2D eigenvalue weighted by molar-refractivity contribution is 5.77. The van der Waals surface area contributed by atoms with Crippen LogP contribution in [0.25, 0.3) is 10.9 Å². The molecule has 118 valence electrons. The Balaban J connectivity index is 2.01. The van der Waals surface area contributed by atoms with Gasteiger partial charge < -0.3 is 4.90 Å². The van der Waals surface area contributed by atoms with Crippen LogP contribution in [0.1, 0.15) is 32.1 Å². The largest absolute Gasteiger partial charge is 0.302 e. The van der Waals surface area contributed by atoms with Gasteiger partial charge in [-0.3, -0.25) is 9.36 Å². The van der Waals surface area contributed by atoms with Gasteiger partial charge in [-0.15, -0.1) is 0 Å². The quantitative estimate of drug-likeness (QED) is 0.875. The van der Waals surface area contributed by atoms with Crippen molar-refractivity contribution in [2.45, 2.75) is 44.2 Å². The number of hydrogen-bond acceptors (Lipinski definition) is 3. The molecule has 1 aromatic heterocycles. The van der Waals surface area contributed by atoms with Crippen LogP contribution in [0.2, 0.25) is 0 Å². The minimum Gasteiger partial charge on any atom is -0.302 e. The van der Waals surface area contributed by atoms with E-state index in [1.807, 2.05) is 0 Å². The predicted octanol–water partition coefficient (Wildman–Crippen LogP) is 2.80. The van der Waals surface area contributed by atoms with Crippen LogP contribution < -0.4 is 5.56 Å². The lowest BCUT2D eigenvalue weighted by molar-refractivity contribution is 0.0795. The molecule has 3 rings (SSSR count). The molecule has 22 heavy (non-hydrogen) atoms. The summed E-state index contributed by atoms with van der Waals surface area (Å²) >= 11 is 0. The lowest BCUT2D eigenvalue weighted by Gasteiger charge is -2.43. The zero-order valence-corrected chi connectivity index (χ0v) is 13.2. The van der Waals surface area contributed by atoms with Crippen LogP contribution >= 0.6 is 0 Å². The van der Waals surface area contributed by atoms with Gasteiger partial charge in [0, 0.05) is 18.2 Å². The van der Waals surface area contributed by atoms with E-state index in [2.05, 4.69) is 24.0 Å². The van der Waals surface area contributed by atoms with Gasteiger partial charge in [0.2, 0.25) is 0 Å². The maximum absolute atomic E-state index is 13.3. The highest BCUT2D eigenvalue weighted by Gasteiger charge is 2.34. The molecule has 5 heteroatoms. The fraction of sp³-hybridized carbons (Fsp3) is 0.529. The van der Waals surface area contributed by atoms with E-state index >= 15 is 0 Å². The molecule has 1 fully saturated rings. The summed E-state index contributed by atoms with van der Waals surface area (Å²) in [5.41, 5.74) is 0.345. The molecule has 0 saturated heterocycles. The van der Waals surface area contributed by atoms with Gasteiger partial charge in [-0.25, -0.2) is 9.37 Å². The zero-order valence-electron chi connectivity index (χ0n) is 13.2. The van der Waals surface area contributed by atoms with Gasteiger partial charge in [0.1, 0.15) is 5.82 Å². The monoisotopic (exact) mass is 303 g/mol. The zero-order chi connectivity index (χ0) is 15.7. The normalized spacial score (nSPS) is 18.0. The van der Waals surface area contributed by atoms with Crippen molar-refractivity contribution in [2.24, 2.45) is 0 Å². The second kappa shape index (κ2) is 5.80. The number of rotatable bonds is 3. The molecule has 0 aliphatic heterocycles. The summed E-state index contributed by atoms with van der Waals surface area (Å²) in [6, 6.07) is 4.15. The van der Waals surface area contributed by atoms with E-state index in [1.54, 1.807) is 10.9 Å². The molecule has 1 aliphatic carbocycles. The molecule has 0 bridgehead atoms. The molecule has 0 unspecified atom stereocenters. The number of hydrogen-bond donors (Lipinski definition) is 0. The van der Waals surface area contributed by atoms with Crippen LogP contribution in [0.15, 0.2) is 29.3 Å². The number of nitrogens with zero attached hydrogens (tertiary/aromatic N) is 3. The Morgan fingerprint density at radius 2 is 2.00 bits per heavy atom. The van der Waals surface area contributed by atoms with Crippen molar-refractivity contribution < 1.29 is 4.39 Å². The Hall–Kier alpha value is -1.75. The minimum atomic E-state index is -0.366. The van der Waals surface area contributed by atoms with Crippen LogP contribution in [0.3, 0.4) is 0 Å². The van der Waals surface area contributed by atoms with Crippen molar-refractivity contribution in [2.75, 3.05) is 14.1 Å². The molecule has 1 heterocycles. The van der Waals surface area contributed by atoms with Crippen LogP contribution in [0, 0.1) is 5.82 Å². The molecule has 4 nitrogen and oxygen atoms in total. The van der Waals surface area contributed by atoms with Crippen molar-refractivity contribution in [3.05, 3.63) is 40.7 Å². The highest BCUT2D eigenvalue weighted by atomic mass is 19.1.